The highest BCUT2D eigenvalue weighted by Crippen LogP contribution is 2.28. The first-order valence-corrected chi connectivity index (χ1v) is 6.49. The number of hydrogen-bond acceptors (Lipinski definition) is 5. The van der Waals surface area contributed by atoms with Gasteiger partial charge >= 0.3 is 0 Å². The highest BCUT2D eigenvalue weighted by molar-refractivity contribution is 5.77. The van der Waals surface area contributed by atoms with Crippen LogP contribution < -0.4 is 10.6 Å². The summed E-state index contributed by atoms with van der Waals surface area (Å²) in [6.07, 6.45) is 1.68. The normalized spacial score (nSPS) is 31.6. The van der Waals surface area contributed by atoms with Crippen molar-refractivity contribution in [2.24, 2.45) is 5.92 Å². The zero-order chi connectivity index (χ0) is 13.0. The van der Waals surface area contributed by atoms with Crippen LogP contribution in [0.1, 0.15) is 12.8 Å². The lowest BCUT2D eigenvalue weighted by molar-refractivity contribution is -0.125. The molecule has 1 saturated heterocycles. The number of rotatable bonds is 7. The van der Waals surface area contributed by atoms with E-state index in [-0.39, 0.29) is 24.7 Å². The van der Waals surface area contributed by atoms with Crippen molar-refractivity contribution < 1.29 is 19.4 Å². The Hall–Kier alpha value is -0.690. The van der Waals surface area contributed by atoms with Crippen LogP contribution in [0.4, 0.5) is 0 Å². The van der Waals surface area contributed by atoms with Crippen LogP contribution in [-0.2, 0) is 14.3 Å². The van der Waals surface area contributed by atoms with Crippen molar-refractivity contribution in [3.8, 4) is 0 Å². The Morgan fingerprint density at radius 3 is 2.89 bits per heavy atom. The second kappa shape index (κ2) is 6.47. The quantitative estimate of drug-likeness (QED) is 0.539. The number of hydrogen-bond donors (Lipinski definition) is 3. The van der Waals surface area contributed by atoms with Crippen molar-refractivity contribution in [3.05, 3.63) is 0 Å². The Balaban J connectivity index is 1.65. The summed E-state index contributed by atoms with van der Waals surface area (Å²) >= 11 is 0. The van der Waals surface area contributed by atoms with Gasteiger partial charge in [-0.1, -0.05) is 0 Å². The Morgan fingerprint density at radius 2 is 2.22 bits per heavy atom. The predicted molar refractivity (Wildman–Crippen MR) is 65.1 cm³/mol. The van der Waals surface area contributed by atoms with Gasteiger partial charge in [-0.05, 0) is 25.3 Å². The standard InChI is InChI=1S/C12H22N2O4/c1-17-7-11(15)14-5-10-12(16)9(6-18-10)13-4-8-2-3-8/h8-10,12-13,16H,2-7H2,1H3,(H,14,15)/t9-,10-,12+/m1/s1. The first-order valence-electron chi connectivity index (χ1n) is 6.49. The van der Waals surface area contributed by atoms with E-state index in [0.29, 0.717) is 13.2 Å². The molecule has 1 aliphatic heterocycles. The van der Waals surface area contributed by atoms with Crippen molar-refractivity contribution >= 4 is 5.91 Å². The number of amides is 1. The third-order valence-corrected chi connectivity index (χ3v) is 3.42. The van der Waals surface area contributed by atoms with Crippen LogP contribution in [0.3, 0.4) is 0 Å². The van der Waals surface area contributed by atoms with E-state index in [0.717, 1.165) is 12.5 Å². The fourth-order valence-corrected chi connectivity index (χ4v) is 2.08. The Morgan fingerprint density at radius 1 is 1.44 bits per heavy atom. The second-order valence-electron chi connectivity index (χ2n) is 5.06. The molecule has 2 rings (SSSR count). The van der Waals surface area contributed by atoms with Crippen LogP contribution in [0.15, 0.2) is 0 Å². The minimum Gasteiger partial charge on any atom is -0.389 e. The molecular weight excluding hydrogens is 236 g/mol. The maximum Gasteiger partial charge on any atom is 0.246 e. The zero-order valence-corrected chi connectivity index (χ0v) is 10.7. The van der Waals surface area contributed by atoms with Gasteiger partial charge in [0.2, 0.25) is 5.91 Å². The first-order chi connectivity index (χ1) is 8.70. The van der Waals surface area contributed by atoms with Crippen molar-refractivity contribution in [2.75, 3.05) is 33.4 Å². The number of methoxy groups -OCH3 is 1. The number of carbonyl (C=O) groups is 1. The lowest BCUT2D eigenvalue weighted by Gasteiger charge is -2.18. The predicted octanol–water partition coefficient (Wildman–Crippen LogP) is -1.12. The fourth-order valence-electron chi connectivity index (χ4n) is 2.08. The van der Waals surface area contributed by atoms with E-state index in [1.165, 1.54) is 20.0 Å². The summed E-state index contributed by atoms with van der Waals surface area (Å²) in [5.41, 5.74) is 0. The van der Waals surface area contributed by atoms with Gasteiger partial charge in [0.25, 0.3) is 0 Å². The number of aliphatic hydroxyl groups is 1. The number of ether oxygens (including phenoxy) is 2. The summed E-state index contributed by atoms with van der Waals surface area (Å²) in [6, 6.07) is -0.0186. The van der Waals surface area contributed by atoms with Crippen molar-refractivity contribution in [3.63, 3.8) is 0 Å². The van der Waals surface area contributed by atoms with E-state index in [1.54, 1.807) is 0 Å². The highest BCUT2D eigenvalue weighted by Gasteiger charge is 2.36. The van der Waals surface area contributed by atoms with Gasteiger partial charge in [-0.25, -0.2) is 0 Å². The van der Waals surface area contributed by atoms with Crippen LogP contribution in [0, 0.1) is 5.92 Å². The summed E-state index contributed by atoms with van der Waals surface area (Å²) in [4.78, 5) is 11.2. The average Bonchev–Trinajstić information content (AvgIpc) is 3.11. The molecule has 18 heavy (non-hydrogen) atoms. The first kappa shape index (κ1) is 13.7. The maximum absolute atomic E-state index is 11.2. The molecule has 0 spiro atoms. The van der Waals surface area contributed by atoms with E-state index in [4.69, 9.17) is 9.47 Å². The van der Waals surface area contributed by atoms with Gasteiger partial charge in [0.05, 0.1) is 18.8 Å². The summed E-state index contributed by atoms with van der Waals surface area (Å²) in [6.45, 7) is 1.81. The molecule has 6 nitrogen and oxygen atoms in total. The highest BCUT2D eigenvalue weighted by atomic mass is 16.5. The summed E-state index contributed by atoms with van der Waals surface area (Å²) in [5, 5.41) is 16.1. The minimum atomic E-state index is -0.563. The molecule has 0 aromatic heterocycles. The van der Waals surface area contributed by atoms with Gasteiger partial charge in [-0.3, -0.25) is 4.79 Å². The van der Waals surface area contributed by atoms with Crippen LogP contribution in [0.2, 0.25) is 0 Å². The van der Waals surface area contributed by atoms with Crippen molar-refractivity contribution in [1.29, 1.82) is 0 Å². The minimum absolute atomic E-state index is 0.0186. The van der Waals surface area contributed by atoms with Gasteiger partial charge < -0.3 is 25.2 Å². The van der Waals surface area contributed by atoms with Crippen molar-refractivity contribution in [2.45, 2.75) is 31.1 Å². The fraction of sp³-hybridized carbons (Fsp3) is 0.917. The van der Waals surface area contributed by atoms with Crippen LogP contribution in [-0.4, -0.2) is 62.7 Å². The van der Waals surface area contributed by atoms with Crippen LogP contribution in [0.25, 0.3) is 0 Å². The molecule has 104 valence electrons. The average molecular weight is 258 g/mol. The lowest BCUT2D eigenvalue weighted by atomic mass is 10.1. The largest absolute Gasteiger partial charge is 0.389 e. The Kier molecular flexibility index (Phi) is 4.94. The van der Waals surface area contributed by atoms with E-state index in [9.17, 15) is 9.90 Å². The molecule has 2 fully saturated rings. The lowest BCUT2D eigenvalue weighted by Crippen LogP contribution is -2.45. The van der Waals surface area contributed by atoms with Crippen LogP contribution in [0.5, 0.6) is 0 Å². The van der Waals surface area contributed by atoms with Crippen molar-refractivity contribution in [1.82, 2.24) is 10.6 Å². The van der Waals surface area contributed by atoms with E-state index in [1.807, 2.05) is 0 Å². The van der Waals surface area contributed by atoms with Gasteiger partial charge in [0.15, 0.2) is 0 Å². The van der Waals surface area contributed by atoms with E-state index in [2.05, 4.69) is 10.6 Å². The zero-order valence-electron chi connectivity index (χ0n) is 10.7. The van der Waals surface area contributed by atoms with Gasteiger partial charge in [-0.15, -0.1) is 0 Å². The SMILES string of the molecule is COCC(=O)NC[C@H]1OC[C@@H](NCC2CC2)[C@@H]1O. The molecule has 0 aromatic rings. The summed E-state index contributed by atoms with van der Waals surface area (Å²) in [5.74, 6) is 0.584. The number of nitrogens with one attached hydrogen (secondary N) is 2. The summed E-state index contributed by atoms with van der Waals surface area (Å²) < 4.78 is 10.2. The molecule has 0 bridgehead atoms. The third-order valence-electron chi connectivity index (χ3n) is 3.42. The smallest absolute Gasteiger partial charge is 0.246 e. The van der Waals surface area contributed by atoms with Gasteiger partial charge in [0, 0.05) is 13.7 Å². The topological polar surface area (TPSA) is 79.8 Å². The Bertz CT molecular complexity index is 283. The molecule has 3 atom stereocenters. The van der Waals surface area contributed by atoms with Gasteiger partial charge in [-0.2, -0.15) is 0 Å². The molecule has 0 aromatic carbocycles. The molecule has 0 unspecified atom stereocenters. The molecule has 1 aliphatic carbocycles. The number of carbonyl (C=O) groups excluding carboxylic acids is 1. The molecule has 6 heteroatoms. The molecule has 1 amide bonds. The monoisotopic (exact) mass is 258 g/mol. The summed E-state index contributed by atoms with van der Waals surface area (Å²) in [7, 11) is 1.47. The number of aliphatic hydroxyl groups excluding tert-OH is 1. The maximum atomic E-state index is 11.2. The molecule has 1 saturated carbocycles. The molecule has 1 heterocycles. The molecular formula is C12H22N2O4. The Labute approximate surface area is 107 Å². The van der Waals surface area contributed by atoms with E-state index < -0.39 is 6.10 Å². The van der Waals surface area contributed by atoms with Gasteiger partial charge in [0.1, 0.15) is 12.7 Å². The van der Waals surface area contributed by atoms with E-state index >= 15 is 0 Å². The van der Waals surface area contributed by atoms with Crippen LogP contribution >= 0.6 is 0 Å². The third kappa shape index (κ3) is 3.91. The molecule has 3 N–H and O–H groups in total. The molecule has 2 aliphatic rings. The second-order valence-corrected chi connectivity index (χ2v) is 5.06. The molecule has 0 radical (unpaired) electrons.